The highest BCUT2D eigenvalue weighted by atomic mass is 35.5. The van der Waals surface area contributed by atoms with Gasteiger partial charge in [0.05, 0.1) is 7.11 Å². The second-order valence-corrected chi connectivity index (χ2v) is 5.08. The molecule has 0 aliphatic heterocycles. The zero-order valence-corrected chi connectivity index (χ0v) is 13.1. The highest BCUT2D eigenvalue weighted by Gasteiger charge is 2.02. The minimum Gasteiger partial charge on any atom is -0.497 e. The third kappa shape index (κ3) is 4.08. The molecule has 0 amide bonds. The Labute approximate surface area is 138 Å². The fourth-order valence-electron chi connectivity index (χ4n) is 1.86. The van der Waals surface area contributed by atoms with Crippen molar-refractivity contribution in [2.24, 2.45) is 4.99 Å². The van der Waals surface area contributed by atoms with Gasteiger partial charge in [-0.1, -0.05) is 23.7 Å². The number of hydrogen-bond donors (Lipinski definition) is 2. The van der Waals surface area contributed by atoms with Crippen LogP contribution in [0.4, 0.5) is 17.6 Å². The van der Waals surface area contributed by atoms with E-state index in [4.69, 9.17) is 16.3 Å². The maximum atomic E-state index is 5.84. The Morgan fingerprint density at radius 2 is 1.87 bits per heavy atom. The van der Waals surface area contributed by atoms with Crippen molar-refractivity contribution in [3.8, 4) is 5.75 Å². The number of aromatic nitrogens is 3. The van der Waals surface area contributed by atoms with Crippen LogP contribution in [0, 0.1) is 0 Å². The number of hydrogen-bond acceptors (Lipinski definition) is 5. The van der Waals surface area contributed by atoms with Gasteiger partial charge in [-0.15, -0.1) is 5.10 Å². The monoisotopic (exact) mass is 327 g/mol. The fourth-order valence-corrected chi connectivity index (χ4v) is 1.98. The van der Waals surface area contributed by atoms with Crippen LogP contribution in [0.2, 0.25) is 5.02 Å². The van der Waals surface area contributed by atoms with Crippen molar-refractivity contribution in [1.29, 1.82) is 0 Å². The summed E-state index contributed by atoms with van der Waals surface area (Å²) in [5.74, 6) is 1.65. The van der Waals surface area contributed by atoms with Crippen molar-refractivity contribution in [2.45, 2.75) is 0 Å². The Morgan fingerprint density at radius 3 is 2.57 bits per heavy atom. The predicted molar refractivity (Wildman–Crippen MR) is 91.4 cm³/mol. The molecule has 1 heterocycles. The number of halogens is 1. The van der Waals surface area contributed by atoms with Gasteiger partial charge in [0.2, 0.25) is 5.95 Å². The summed E-state index contributed by atoms with van der Waals surface area (Å²) < 4.78 is 5.11. The lowest BCUT2D eigenvalue weighted by molar-refractivity contribution is 0.415. The molecule has 0 spiro atoms. The Bertz CT molecular complexity index is 796. The van der Waals surface area contributed by atoms with Crippen LogP contribution in [0.3, 0.4) is 0 Å². The van der Waals surface area contributed by atoms with Crippen molar-refractivity contribution in [3.63, 3.8) is 0 Å². The molecular weight excluding hydrogens is 314 g/mol. The lowest BCUT2D eigenvalue weighted by Crippen LogP contribution is -1.92. The zero-order valence-electron chi connectivity index (χ0n) is 12.3. The van der Waals surface area contributed by atoms with Crippen molar-refractivity contribution < 1.29 is 4.74 Å². The molecule has 0 saturated carbocycles. The first-order chi connectivity index (χ1) is 11.2. The van der Waals surface area contributed by atoms with Crippen molar-refractivity contribution in [3.05, 3.63) is 59.1 Å². The molecule has 0 atom stereocenters. The fraction of sp³-hybridized carbons (Fsp3) is 0.0625. The Kier molecular flexibility index (Phi) is 4.54. The number of anilines is 2. The first-order valence-electron chi connectivity index (χ1n) is 6.86. The Hall–Kier alpha value is -2.86. The molecule has 3 rings (SSSR count). The van der Waals surface area contributed by atoms with Gasteiger partial charge in [-0.05, 0) is 42.0 Å². The van der Waals surface area contributed by atoms with Crippen LogP contribution in [0.1, 0.15) is 5.56 Å². The van der Waals surface area contributed by atoms with E-state index < -0.39 is 0 Å². The summed E-state index contributed by atoms with van der Waals surface area (Å²) in [7, 11) is 1.63. The first kappa shape index (κ1) is 15.1. The van der Waals surface area contributed by atoms with E-state index in [-0.39, 0.29) is 0 Å². The topological polar surface area (TPSA) is 75.2 Å². The maximum absolute atomic E-state index is 5.84. The summed E-state index contributed by atoms with van der Waals surface area (Å²) in [6.45, 7) is 0. The molecule has 1 aromatic heterocycles. The molecule has 2 aromatic carbocycles. The third-order valence-corrected chi connectivity index (χ3v) is 3.28. The van der Waals surface area contributed by atoms with E-state index in [0.717, 1.165) is 17.0 Å². The predicted octanol–water partition coefficient (Wildman–Crippen LogP) is 3.96. The van der Waals surface area contributed by atoms with Crippen LogP contribution in [-0.4, -0.2) is 28.5 Å². The van der Waals surface area contributed by atoms with Gasteiger partial charge >= 0.3 is 0 Å². The van der Waals surface area contributed by atoms with Gasteiger partial charge in [0, 0.05) is 16.9 Å². The minimum absolute atomic E-state index is 0.343. The molecule has 0 unspecified atom stereocenters. The van der Waals surface area contributed by atoms with Crippen LogP contribution >= 0.6 is 11.6 Å². The number of H-pyrrole nitrogens is 1. The number of nitrogens with zero attached hydrogens (tertiary/aromatic N) is 3. The van der Waals surface area contributed by atoms with Gasteiger partial charge < -0.3 is 10.1 Å². The normalized spacial score (nSPS) is 10.9. The second-order valence-electron chi connectivity index (χ2n) is 4.65. The van der Waals surface area contributed by atoms with Crippen molar-refractivity contribution >= 4 is 35.4 Å². The first-order valence-corrected chi connectivity index (χ1v) is 7.24. The Morgan fingerprint density at radius 1 is 1.13 bits per heavy atom. The highest BCUT2D eigenvalue weighted by molar-refractivity contribution is 6.30. The standard InChI is InChI=1S/C16H14ClN5O/c1-23-14-8-6-13(7-9-14)19-16-20-15(21-22-16)18-10-11-2-4-12(17)5-3-11/h2-10H,1H3,(H2,19,20,21,22)/b18-10+. The molecule has 0 radical (unpaired) electrons. The molecular formula is C16H14ClN5O. The number of aliphatic imine (C=N–C) groups is 1. The van der Waals surface area contributed by atoms with Gasteiger partial charge in [-0.25, -0.2) is 10.1 Å². The smallest absolute Gasteiger partial charge is 0.269 e. The number of nitrogens with one attached hydrogen (secondary N) is 2. The minimum atomic E-state index is 0.343. The summed E-state index contributed by atoms with van der Waals surface area (Å²) in [4.78, 5) is 8.46. The van der Waals surface area contributed by atoms with E-state index in [9.17, 15) is 0 Å². The largest absolute Gasteiger partial charge is 0.497 e. The van der Waals surface area contributed by atoms with Gasteiger partial charge in [-0.3, -0.25) is 0 Å². The van der Waals surface area contributed by atoms with E-state index in [1.165, 1.54) is 0 Å². The average Bonchev–Trinajstić information content (AvgIpc) is 3.02. The molecule has 0 fully saturated rings. The molecule has 0 saturated heterocycles. The summed E-state index contributed by atoms with van der Waals surface area (Å²) >= 11 is 5.84. The second kappa shape index (κ2) is 6.93. The number of aromatic amines is 1. The van der Waals surface area contributed by atoms with Gasteiger partial charge in [0.15, 0.2) is 0 Å². The molecule has 0 aliphatic carbocycles. The van der Waals surface area contributed by atoms with E-state index >= 15 is 0 Å². The summed E-state index contributed by atoms with van der Waals surface area (Å²) in [5, 5.41) is 10.6. The average molecular weight is 328 g/mol. The molecule has 6 nitrogen and oxygen atoms in total. The van der Waals surface area contributed by atoms with Crippen molar-refractivity contribution in [2.75, 3.05) is 12.4 Å². The third-order valence-electron chi connectivity index (χ3n) is 3.03. The lowest BCUT2D eigenvalue weighted by atomic mass is 10.2. The van der Waals surface area contributed by atoms with Crippen LogP contribution in [0.15, 0.2) is 53.5 Å². The number of rotatable bonds is 5. The van der Waals surface area contributed by atoms with E-state index in [1.807, 2.05) is 36.4 Å². The molecule has 23 heavy (non-hydrogen) atoms. The zero-order chi connectivity index (χ0) is 16.1. The van der Waals surface area contributed by atoms with E-state index in [0.29, 0.717) is 16.9 Å². The highest BCUT2D eigenvalue weighted by Crippen LogP contribution is 2.18. The van der Waals surface area contributed by atoms with Crippen molar-refractivity contribution in [1.82, 2.24) is 15.2 Å². The van der Waals surface area contributed by atoms with Crippen LogP contribution < -0.4 is 10.1 Å². The van der Waals surface area contributed by atoms with Gasteiger partial charge in [0.25, 0.3) is 5.95 Å². The van der Waals surface area contributed by atoms with Gasteiger partial charge in [-0.2, -0.15) is 4.98 Å². The summed E-state index contributed by atoms with van der Waals surface area (Å²) in [6.07, 6.45) is 1.68. The SMILES string of the molecule is COc1ccc(Nc2nc(/N=C/c3ccc(Cl)cc3)n[nH]2)cc1. The maximum Gasteiger partial charge on any atom is 0.269 e. The number of benzene rings is 2. The molecule has 7 heteroatoms. The van der Waals surface area contributed by atoms with Crippen LogP contribution in [0.25, 0.3) is 0 Å². The van der Waals surface area contributed by atoms with Gasteiger partial charge in [0.1, 0.15) is 5.75 Å². The molecule has 0 bridgehead atoms. The van der Waals surface area contributed by atoms with E-state index in [2.05, 4.69) is 25.5 Å². The quantitative estimate of drug-likeness (QED) is 0.695. The Balaban J connectivity index is 1.66. The number of ether oxygens (including phenoxy) is 1. The molecule has 3 aromatic rings. The lowest BCUT2D eigenvalue weighted by Gasteiger charge is -2.03. The van der Waals surface area contributed by atoms with Crippen LogP contribution in [0.5, 0.6) is 5.75 Å². The van der Waals surface area contributed by atoms with Crippen LogP contribution in [-0.2, 0) is 0 Å². The number of methoxy groups -OCH3 is 1. The summed E-state index contributed by atoms with van der Waals surface area (Å²) in [5.41, 5.74) is 1.79. The summed E-state index contributed by atoms with van der Waals surface area (Å²) in [6, 6.07) is 14.8. The van der Waals surface area contributed by atoms with E-state index in [1.54, 1.807) is 25.5 Å². The molecule has 116 valence electrons. The molecule has 2 N–H and O–H groups in total. The molecule has 0 aliphatic rings.